The molecule has 1 N–H and O–H groups in total. The van der Waals surface area contributed by atoms with Crippen molar-refractivity contribution in [2.45, 2.75) is 20.0 Å². The van der Waals surface area contributed by atoms with Crippen LogP contribution in [0.15, 0.2) is 54.1 Å². The Morgan fingerprint density at radius 1 is 1.27 bits per heavy atom. The number of carbonyl (C=O) groups is 1. The minimum Gasteiger partial charge on any atom is -0.491 e. The number of nitro benzene ring substituents is 1. The van der Waals surface area contributed by atoms with Crippen LogP contribution in [0.1, 0.15) is 19.4 Å². The molecule has 0 saturated carbocycles. The van der Waals surface area contributed by atoms with Crippen LogP contribution in [0.25, 0.3) is 6.08 Å². The van der Waals surface area contributed by atoms with Crippen LogP contribution in [0.2, 0.25) is 0 Å². The summed E-state index contributed by atoms with van der Waals surface area (Å²) in [6.45, 7) is 3.79. The van der Waals surface area contributed by atoms with E-state index in [1.165, 1.54) is 30.3 Å². The molecule has 1 amide bonds. The Labute approximate surface area is 150 Å². The smallest absolute Gasteiger partial charge is 0.269 e. The predicted octanol–water partition coefficient (Wildman–Crippen LogP) is 3.93. The van der Waals surface area contributed by atoms with Crippen molar-refractivity contribution in [3.05, 3.63) is 69.8 Å². The number of nitrogens with one attached hydrogen (secondary N) is 1. The second kappa shape index (κ2) is 8.44. The Morgan fingerprint density at radius 2 is 1.96 bits per heavy atom. The van der Waals surface area contributed by atoms with E-state index in [1.807, 2.05) is 19.9 Å². The van der Waals surface area contributed by atoms with Crippen LogP contribution in [0.3, 0.4) is 0 Å². The maximum Gasteiger partial charge on any atom is 0.269 e. The quantitative estimate of drug-likeness (QED) is 0.367. The summed E-state index contributed by atoms with van der Waals surface area (Å²) in [6, 6.07) is 14.3. The average molecular weight is 351 g/mol. The highest BCUT2D eigenvalue weighted by molar-refractivity contribution is 6.09. The molecule has 0 atom stereocenters. The zero-order valence-corrected chi connectivity index (χ0v) is 14.3. The Bertz CT molecular complexity index is 880. The van der Waals surface area contributed by atoms with Crippen molar-refractivity contribution < 1.29 is 14.5 Å². The van der Waals surface area contributed by atoms with E-state index in [0.717, 1.165) is 0 Å². The average Bonchev–Trinajstić information content (AvgIpc) is 2.59. The van der Waals surface area contributed by atoms with Gasteiger partial charge in [-0.25, -0.2) is 0 Å². The van der Waals surface area contributed by atoms with Crippen LogP contribution < -0.4 is 10.1 Å². The molecule has 0 spiro atoms. The second-order valence-corrected chi connectivity index (χ2v) is 5.67. The van der Waals surface area contributed by atoms with Gasteiger partial charge in [0, 0.05) is 23.9 Å². The van der Waals surface area contributed by atoms with Crippen LogP contribution in [0.4, 0.5) is 11.4 Å². The highest BCUT2D eigenvalue weighted by Gasteiger charge is 2.11. The number of amides is 1. The van der Waals surface area contributed by atoms with Gasteiger partial charge in [0.05, 0.1) is 11.0 Å². The SMILES string of the molecule is CC(C)Oc1cccc(NC(=O)/C(C#N)=C\c2ccc([N+](=O)[O-])cc2)c1. The first-order chi connectivity index (χ1) is 12.4. The number of nitrogens with zero attached hydrogens (tertiary/aromatic N) is 2. The first-order valence-electron chi connectivity index (χ1n) is 7.83. The third-order valence-corrected chi connectivity index (χ3v) is 3.24. The first kappa shape index (κ1) is 18.7. The van der Waals surface area contributed by atoms with Crippen molar-refractivity contribution >= 4 is 23.4 Å². The van der Waals surface area contributed by atoms with Crippen molar-refractivity contribution in [3.63, 3.8) is 0 Å². The molecule has 7 heteroatoms. The maximum absolute atomic E-state index is 12.3. The Morgan fingerprint density at radius 3 is 2.54 bits per heavy atom. The van der Waals surface area contributed by atoms with Crippen molar-refractivity contribution in [3.8, 4) is 11.8 Å². The number of nitro groups is 1. The van der Waals surface area contributed by atoms with Crippen LogP contribution in [-0.4, -0.2) is 16.9 Å². The molecule has 132 valence electrons. The predicted molar refractivity (Wildman–Crippen MR) is 97.5 cm³/mol. The van der Waals surface area contributed by atoms with Crippen molar-refractivity contribution in [2.75, 3.05) is 5.32 Å². The molecular weight excluding hydrogens is 334 g/mol. The lowest BCUT2D eigenvalue weighted by Crippen LogP contribution is -2.13. The molecule has 0 radical (unpaired) electrons. The molecule has 2 aromatic carbocycles. The first-order valence-corrected chi connectivity index (χ1v) is 7.83. The molecule has 2 aromatic rings. The van der Waals surface area contributed by atoms with Crippen molar-refractivity contribution in [2.24, 2.45) is 0 Å². The molecule has 0 unspecified atom stereocenters. The number of ether oxygens (including phenoxy) is 1. The zero-order chi connectivity index (χ0) is 19.1. The molecule has 0 bridgehead atoms. The fraction of sp³-hybridized carbons (Fsp3) is 0.158. The molecule has 26 heavy (non-hydrogen) atoms. The Hall–Kier alpha value is -3.66. The molecule has 0 aromatic heterocycles. The third-order valence-electron chi connectivity index (χ3n) is 3.24. The van der Waals surface area contributed by atoms with Gasteiger partial charge in [-0.15, -0.1) is 0 Å². The summed E-state index contributed by atoms with van der Waals surface area (Å²) in [5.41, 5.74) is 0.832. The van der Waals surface area contributed by atoms with Crippen molar-refractivity contribution in [1.82, 2.24) is 0 Å². The maximum atomic E-state index is 12.3. The van der Waals surface area contributed by atoms with E-state index >= 15 is 0 Å². The van der Waals surface area contributed by atoms with Gasteiger partial charge >= 0.3 is 0 Å². The van der Waals surface area contributed by atoms with E-state index in [9.17, 15) is 20.2 Å². The third kappa shape index (κ3) is 5.18. The Balaban J connectivity index is 2.16. The molecule has 0 saturated heterocycles. The van der Waals surface area contributed by atoms with Gasteiger partial charge in [0.2, 0.25) is 0 Å². The van der Waals surface area contributed by atoms with Gasteiger partial charge in [-0.3, -0.25) is 14.9 Å². The Kier molecular flexibility index (Phi) is 6.06. The summed E-state index contributed by atoms with van der Waals surface area (Å²) in [7, 11) is 0. The molecule has 0 aliphatic rings. The number of hydrogen-bond donors (Lipinski definition) is 1. The molecule has 0 heterocycles. The standard InChI is InChI=1S/C19H17N3O4/c1-13(2)26-18-5-3-4-16(11-18)21-19(23)15(12-20)10-14-6-8-17(9-7-14)22(24)25/h3-11,13H,1-2H3,(H,21,23)/b15-10-. The fourth-order valence-electron chi connectivity index (χ4n) is 2.13. The highest BCUT2D eigenvalue weighted by Crippen LogP contribution is 2.20. The van der Waals surface area contributed by atoms with E-state index in [2.05, 4.69) is 5.32 Å². The summed E-state index contributed by atoms with van der Waals surface area (Å²) >= 11 is 0. The summed E-state index contributed by atoms with van der Waals surface area (Å²) in [6.07, 6.45) is 1.37. The summed E-state index contributed by atoms with van der Waals surface area (Å²) in [4.78, 5) is 22.4. The number of anilines is 1. The van der Waals surface area contributed by atoms with E-state index in [1.54, 1.807) is 24.3 Å². The lowest BCUT2D eigenvalue weighted by atomic mass is 10.1. The van der Waals surface area contributed by atoms with E-state index < -0.39 is 10.8 Å². The van der Waals surface area contributed by atoms with Crippen LogP contribution >= 0.6 is 0 Å². The lowest BCUT2D eigenvalue weighted by molar-refractivity contribution is -0.384. The van der Waals surface area contributed by atoms with Crippen LogP contribution in [0.5, 0.6) is 5.75 Å². The number of nitriles is 1. The van der Waals surface area contributed by atoms with Gasteiger partial charge < -0.3 is 10.1 Å². The van der Waals surface area contributed by atoms with Crippen molar-refractivity contribution in [1.29, 1.82) is 5.26 Å². The van der Waals surface area contributed by atoms with Gasteiger partial charge in [-0.1, -0.05) is 6.07 Å². The van der Waals surface area contributed by atoms with Gasteiger partial charge in [-0.05, 0) is 49.8 Å². The van der Waals surface area contributed by atoms with Gasteiger partial charge in [-0.2, -0.15) is 5.26 Å². The number of rotatable bonds is 6. The lowest BCUT2D eigenvalue weighted by Gasteiger charge is -2.11. The highest BCUT2D eigenvalue weighted by atomic mass is 16.6. The fourth-order valence-corrected chi connectivity index (χ4v) is 2.13. The minimum absolute atomic E-state index is 0.00217. The van der Waals surface area contributed by atoms with Gasteiger partial charge in [0.15, 0.2) is 0 Å². The second-order valence-electron chi connectivity index (χ2n) is 5.67. The monoisotopic (exact) mass is 351 g/mol. The number of hydrogen-bond acceptors (Lipinski definition) is 5. The van der Waals surface area contributed by atoms with E-state index in [4.69, 9.17) is 4.74 Å². The van der Waals surface area contributed by atoms with E-state index in [0.29, 0.717) is 17.0 Å². The largest absolute Gasteiger partial charge is 0.491 e. The topological polar surface area (TPSA) is 105 Å². The van der Waals surface area contributed by atoms with Crippen LogP contribution in [-0.2, 0) is 4.79 Å². The van der Waals surface area contributed by atoms with E-state index in [-0.39, 0.29) is 17.4 Å². The minimum atomic E-state index is -0.576. The van der Waals surface area contributed by atoms with Gasteiger partial charge in [0.25, 0.3) is 11.6 Å². The zero-order valence-electron chi connectivity index (χ0n) is 14.3. The summed E-state index contributed by atoms with van der Waals surface area (Å²) < 4.78 is 5.56. The summed E-state index contributed by atoms with van der Waals surface area (Å²) in [5, 5.41) is 22.5. The number of benzene rings is 2. The summed E-state index contributed by atoms with van der Waals surface area (Å²) in [5.74, 6) is 0.0307. The number of non-ortho nitro benzene ring substituents is 1. The molecular formula is C19H17N3O4. The molecule has 7 nitrogen and oxygen atoms in total. The van der Waals surface area contributed by atoms with Gasteiger partial charge in [0.1, 0.15) is 17.4 Å². The molecule has 0 fully saturated rings. The molecule has 0 aliphatic heterocycles. The number of carbonyl (C=O) groups excluding carboxylic acids is 1. The normalized spacial score (nSPS) is 10.9. The van der Waals surface area contributed by atoms with Crippen LogP contribution in [0, 0.1) is 21.4 Å². The molecule has 0 aliphatic carbocycles. The molecule has 2 rings (SSSR count).